The van der Waals surface area contributed by atoms with Gasteiger partial charge in [0.05, 0.1) is 0 Å². The van der Waals surface area contributed by atoms with E-state index < -0.39 is 0 Å². The fourth-order valence-corrected chi connectivity index (χ4v) is 3.57. The number of hydrogen-bond acceptors (Lipinski definition) is 3. The van der Waals surface area contributed by atoms with E-state index in [1.54, 1.807) is 0 Å². The van der Waals surface area contributed by atoms with Crippen molar-refractivity contribution in [2.24, 2.45) is 0 Å². The molecule has 0 saturated carbocycles. The summed E-state index contributed by atoms with van der Waals surface area (Å²) in [5, 5.41) is 3.51. The average molecular weight is 325 g/mol. The van der Waals surface area contributed by atoms with Crippen LogP contribution in [0.25, 0.3) is 0 Å². The van der Waals surface area contributed by atoms with Gasteiger partial charge < -0.3 is 11.1 Å². The quantitative estimate of drug-likeness (QED) is 0.789. The van der Waals surface area contributed by atoms with Crippen LogP contribution < -0.4 is 11.1 Å². The van der Waals surface area contributed by atoms with Crippen molar-refractivity contribution in [3.63, 3.8) is 0 Å². The van der Waals surface area contributed by atoms with Gasteiger partial charge in [-0.25, -0.2) is 0 Å². The minimum atomic E-state index is 0.287. The van der Waals surface area contributed by atoms with Crippen molar-refractivity contribution in [1.29, 1.82) is 0 Å². The number of benzene rings is 1. The first kappa shape index (κ1) is 13.4. The number of thiophene rings is 1. The highest BCUT2D eigenvalue weighted by Crippen LogP contribution is 2.31. The lowest BCUT2D eigenvalue weighted by Gasteiger charge is -2.17. The van der Waals surface area contributed by atoms with Gasteiger partial charge in [-0.3, -0.25) is 0 Å². The molecule has 0 radical (unpaired) electrons. The molecule has 4 heteroatoms. The summed E-state index contributed by atoms with van der Waals surface area (Å²) in [6.07, 6.45) is 0. The Morgan fingerprint density at radius 3 is 2.56 bits per heavy atom. The van der Waals surface area contributed by atoms with E-state index in [2.05, 4.69) is 48.1 Å². The van der Waals surface area contributed by atoms with Crippen LogP contribution in [0.1, 0.15) is 28.3 Å². The Balaban J connectivity index is 2.21. The lowest BCUT2D eigenvalue weighted by Crippen LogP contribution is -2.07. The monoisotopic (exact) mass is 324 g/mol. The number of anilines is 2. The topological polar surface area (TPSA) is 38.0 Å². The molecule has 2 aromatic rings. The van der Waals surface area contributed by atoms with Gasteiger partial charge in [0.2, 0.25) is 0 Å². The van der Waals surface area contributed by atoms with Crippen molar-refractivity contribution in [2.75, 3.05) is 11.1 Å². The third-order valence-corrected chi connectivity index (χ3v) is 4.55. The molecule has 1 aromatic carbocycles. The molecule has 0 aliphatic carbocycles. The average Bonchev–Trinajstić information content (AvgIpc) is 2.62. The molecule has 3 N–H and O–H groups in total. The number of hydrogen-bond donors (Lipinski definition) is 2. The number of halogens is 1. The SMILES string of the molecule is Cc1cc(C(C)Nc2ccc(N)cc2Br)c(C)s1. The highest BCUT2D eigenvalue weighted by molar-refractivity contribution is 9.10. The minimum absolute atomic E-state index is 0.287. The molecule has 0 aliphatic heterocycles. The zero-order chi connectivity index (χ0) is 13.3. The summed E-state index contributed by atoms with van der Waals surface area (Å²) in [6.45, 7) is 6.49. The van der Waals surface area contributed by atoms with Crippen LogP contribution in [0, 0.1) is 13.8 Å². The standard InChI is InChI=1S/C14H17BrN2S/c1-8-6-12(10(3)18-8)9(2)17-14-5-4-11(16)7-13(14)15/h4-7,9,17H,16H2,1-3H3. The lowest BCUT2D eigenvalue weighted by atomic mass is 10.1. The molecule has 18 heavy (non-hydrogen) atoms. The molecule has 1 atom stereocenters. The van der Waals surface area contributed by atoms with E-state index in [9.17, 15) is 0 Å². The molecule has 2 nitrogen and oxygen atoms in total. The summed E-state index contributed by atoms with van der Waals surface area (Å²) in [7, 11) is 0. The molecule has 0 spiro atoms. The number of nitrogens with two attached hydrogens (primary N) is 1. The summed E-state index contributed by atoms with van der Waals surface area (Å²) in [4.78, 5) is 2.73. The van der Waals surface area contributed by atoms with Gasteiger partial charge in [-0.05, 0) is 66.5 Å². The van der Waals surface area contributed by atoms with Crippen LogP contribution >= 0.6 is 27.3 Å². The van der Waals surface area contributed by atoms with Crippen LogP contribution in [0.3, 0.4) is 0 Å². The molecule has 96 valence electrons. The van der Waals surface area contributed by atoms with E-state index in [0.717, 1.165) is 15.8 Å². The van der Waals surface area contributed by atoms with Gasteiger partial charge in [0.15, 0.2) is 0 Å². The largest absolute Gasteiger partial charge is 0.399 e. The number of rotatable bonds is 3. The van der Waals surface area contributed by atoms with Gasteiger partial charge in [-0.1, -0.05) is 0 Å². The fraction of sp³-hybridized carbons (Fsp3) is 0.286. The summed E-state index contributed by atoms with van der Waals surface area (Å²) in [6, 6.07) is 8.37. The van der Waals surface area contributed by atoms with Gasteiger partial charge in [0.25, 0.3) is 0 Å². The van der Waals surface area contributed by atoms with E-state index >= 15 is 0 Å². The van der Waals surface area contributed by atoms with Crippen LogP contribution in [0.5, 0.6) is 0 Å². The molecule has 0 amide bonds. The van der Waals surface area contributed by atoms with Crippen molar-refractivity contribution in [2.45, 2.75) is 26.8 Å². The lowest BCUT2D eigenvalue weighted by molar-refractivity contribution is 0.880. The normalized spacial score (nSPS) is 12.4. The molecule has 0 fully saturated rings. The number of aryl methyl sites for hydroxylation is 2. The highest BCUT2D eigenvalue weighted by atomic mass is 79.9. The van der Waals surface area contributed by atoms with E-state index in [0.29, 0.717) is 0 Å². The zero-order valence-corrected chi connectivity index (χ0v) is 13.2. The fourth-order valence-electron chi connectivity index (χ4n) is 2.04. The third-order valence-electron chi connectivity index (χ3n) is 2.91. The zero-order valence-electron chi connectivity index (χ0n) is 10.8. The van der Waals surface area contributed by atoms with E-state index in [4.69, 9.17) is 5.73 Å². The van der Waals surface area contributed by atoms with Crippen molar-refractivity contribution in [3.8, 4) is 0 Å². The first-order chi connectivity index (χ1) is 8.47. The summed E-state index contributed by atoms with van der Waals surface area (Å²) >= 11 is 5.38. The van der Waals surface area contributed by atoms with Gasteiger partial charge in [0.1, 0.15) is 0 Å². The second kappa shape index (κ2) is 5.33. The van der Waals surface area contributed by atoms with Crippen molar-refractivity contribution in [1.82, 2.24) is 0 Å². The summed E-state index contributed by atoms with van der Waals surface area (Å²) in [5.74, 6) is 0. The Bertz CT molecular complexity index is 563. The summed E-state index contributed by atoms with van der Waals surface area (Å²) in [5.41, 5.74) is 8.94. The maximum Gasteiger partial charge on any atom is 0.0497 e. The third kappa shape index (κ3) is 2.87. The number of nitrogen functional groups attached to an aromatic ring is 1. The van der Waals surface area contributed by atoms with Crippen LogP contribution in [0.15, 0.2) is 28.7 Å². The van der Waals surface area contributed by atoms with Gasteiger partial charge in [-0.2, -0.15) is 0 Å². The van der Waals surface area contributed by atoms with Gasteiger partial charge in [0, 0.05) is 31.6 Å². The Morgan fingerprint density at radius 2 is 2.00 bits per heavy atom. The number of nitrogens with one attached hydrogen (secondary N) is 1. The molecule has 0 aliphatic rings. The predicted octanol–water partition coefficient (Wildman–Crippen LogP) is 4.88. The molecule has 1 heterocycles. The first-order valence-electron chi connectivity index (χ1n) is 5.86. The molecular weight excluding hydrogens is 308 g/mol. The van der Waals surface area contributed by atoms with Crippen molar-refractivity contribution >= 4 is 38.6 Å². The maximum absolute atomic E-state index is 5.74. The molecule has 1 unspecified atom stereocenters. The molecule has 1 aromatic heterocycles. The van der Waals surface area contributed by atoms with Crippen LogP contribution in [-0.4, -0.2) is 0 Å². The maximum atomic E-state index is 5.74. The Kier molecular flexibility index (Phi) is 3.97. The summed E-state index contributed by atoms with van der Waals surface area (Å²) < 4.78 is 0.999. The second-order valence-electron chi connectivity index (χ2n) is 4.47. The highest BCUT2D eigenvalue weighted by Gasteiger charge is 2.12. The molecule has 0 bridgehead atoms. The van der Waals surface area contributed by atoms with Gasteiger partial charge >= 0.3 is 0 Å². The molecular formula is C14H17BrN2S. The van der Waals surface area contributed by atoms with Crippen LogP contribution in [0.4, 0.5) is 11.4 Å². The Morgan fingerprint density at radius 1 is 1.28 bits per heavy atom. The van der Waals surface area contributed by atoms with Gasteiger partial charge in [-0.15, -0.1) is 11.3 Å². The van der Waals surface area contributed by atoms with E-state index in [-0.39, 0.29) is 6.04 Å². The van der Waals surface area contributed by atoms with E-state index in [1.165, 1.54) is 15.3 Å². The van der Waals surface area contributed by atoms with Crippen molar-refractivity contribution < 1.29 is 0 Å². The first-order valence-corrected chi connectivity index (χ1v) is 7.47. The minimum Gasteiger partial charge on any atom is -0.399 e. The van der Waals surface area contributed by atoms with Crippen LogP contribution in [-0.2, 0) is 0 Å². The second-order valence-corrected chi connectivity index (χ2v) is 6.79. The Labute approximate surface area is 120 Å². The Hall–Kier alpha value is -1.000. The predicted molar refractivity (Wildman–Crippen MR) is 84.4 cm³/mol. The van der Waals surface area contributed by atoms with Crippen molar-refractivity contribution in [3.05, 3.63) is 44.1 Å². The molecule has 0 saturated heterocycles. The smallest absolute Gasteiger partial charge is 0.0497 e. The van der Waals surface area contributed by atoms with Crippen LogP contribution in [0.2, 0.25) is 0 Å². The van der Waals surface area contributed by atoms with E-state index in [1.807, 2.05) is 29.5 Å². The molecule has 2 rings (SSSR count).